The maximum Gasteiger partial charge on any atom is 0.246 e. The number of carbonyl (C=O) groups is 1. The van der Waals surface area contributed by atoms with E-state index in [2.05, 4.69) is 6.92 Å². The number of nitrogens with zero attached hydrogens (tertiary/aromatic N) is 1. The van der Waals surface area contributed by atoms with Crippen LogP contribution in [0.3, 0.4) is 0 Å². The molecule has 1 saturated heterocycles. The smallest absolute Gasteiger partial charge is 0.246 e. The number of rotatable bonds is 5. The summed E-state index contributed by atoms with van der Waals surface area (Å²) in [6.45, 7) is 5.41. The molecule has 1 aliphatic heterocycles. The van der Waals surface area contributed by atoms with Crippen LogP contribution in [0.2, 0.25) is 0 Å². The highest BCUT2D eigenvalue weighted by molar-refractivity contribution is 5.91. The summed E-state index contributed by atoms with van der Waals surface area (Å²) in [7, 11) is 0. The van der Waals surface area contributed by atoms with E-state index in [4.69, 9.17) is 9.47 Å². The standard InChI is InChI=1S/C16H21NO3/c1-2-11-20-15-6-3-14(4-7-15)5-8-16(18)17-9-12-19-13-10-17/h3-8H,2,9-13H2,1H3. The van der Waals surface area contributed by atoms with E-state index in [0.29, 0.717) is 26.3 Å². The van der Waals surface area contributed by atoms with Crippen molar-refractivity contribution in [2.45, 2.75) is 13.3 Å². The van der Waals surface area contributed by atoms with Gasteiger partial charge in [-0.1, -0.05) is 19.1 Å². The van der Waals surface area contributed by atoms with Gasteiger partial charge in [0.2, 0.25) is 5.91 Å². The maximum absolute atomic E-state index is 11.9. The average molecular weight is 275 g/mol. The van der Waals surface area contributed by atoms with Crippen molar-refractivity contribution in [2.75, 3.05) is 32.9 Å². The first-order chi connectivity index (χ1) is 9.79. The monoisotopic (exact) mass is 275 g/mol. The summed E-state index contributed by atoms with van der Waals surface area (Å²) in [6.07, 6.45) is 4.45. The highest BCUT2D eigenvalue weighted by atomic mass is 16.5. The van der Waals surface area contributed by atoms with Crippen molar-refractivity contribution >= 4 is 12.0 Å². The van der Waals surface area contributed by atoms with E-state index in [1.54, 1.807) is 11.0 Å². The fraction of sp³-hybridized carbons (Fsp3) is 0.438. The predicted octanol–water partition coefficient (Wildman–Crippen LogP) is 2.35. The van der Waals surface area contributed by atoms with Gasteiger partial charge in [0.1, 0.15) is 5.75 Å². The van der Waals surface area contributed by atoms with Crippen LogP contribution in [0.1, 0.15) is 18.9 Å². The van der Waals surface area contributed by atoms with Gasteiger partial charge >= 0.3 is 0 Å². The summed E-state index contributed by atoms with van der Waals surface area (Å²) in [5, 5.41) is 0. The zero-order chi connectivity index (χ0) is 14.2. The van der Waals surface area contributed by atoms with Gasteiger partial charge in [-0.2, -0.15) is 0 Å². The molecule has 1 aromatic carbocycles. The van der Waals surface area contributed by atoms with E-state index < -0.39 is 0 Å². The first-order valence-electron chi connectivity index (χ1n) is 7.07. The van der Waals surface area contributed by atoms with Crippen LogP contribution < -0.4 is 4.74 Å². The summed E-state index contributed by atoms with van der Waals surface area (Å²) in [5.74, 6) is 0.906. The van der Waals surface area contributed by atoms with Crippen LogP contribution in [-0.4, -0.2) is 43.7 Å². The van der Waals surface area contributed by atoms with E-state index in [1.165, 1.54) is 0 Å². The molecule has 4 nitrogen and oxygen atoms in total. The predicted molar refractivity (Wildman–Crippen MR) is 78.7 cm³/mol. The van der Waals surface area contributed by atoms with E-state index in [1.807, 2.05) is 30.3 Å². The molecule has 0 bridgehead atoms. The number of carbonyl (C=O) groups excluding carboxylic acids is 1. The normalized spacial score (nSPS) is 15.6. The molecule has 1 amide bonds. The summed E-state index contributed by atoms with van der Waals surface area (Å²) in [5.41, 5.74) is 0.996. The topological polar surface area (TPSA) is 38.8 Å². The fourth-order valence-corrected chi connectivity index (χ4v) is 1.95. The van der Waals surface area contributed by atoms with Crippen molar-refractivity contribution in [3.05, 3.63) is 35.9 Å². The van der Waals surface area contributed by atoms with Crippen LogP contribution in [0.25, 0.3) is 6.08 Å². The molecule has 20 heavy (non-hydrogen) atoms. The molecule has 1 aliphatic rings. The molecule has 0 N–H and O–H groups in total. The summed E-state index contributed by atoms with van der Waals surface area (Å²) >= 11 is 0. The van der Waals surface area contributed by atoms with Crippen LogP contribution in [0, 0.1) is 0 Å². The average Bonchev–Trinajstić information content (AvgIpc) is 2.52. The van der Waals surface area contributed by atoms with Crippen molar-refractivity contribution in [3.8, 4) is 5.75 Å². The Morgan fingerprint density at radius 2 is 2.00 bits per heavy atom. The van der Waals surface area contributed by atoms with Gasteiger partial charge < -0.3 is 14.4 Å². The lowest BCUT2D eigenvalue weighted by atomic mass is 10.2. The highest BCUT2D eigenvalue weighted by Crippen LogP contribution is 2.13. The van der Waals surface area contributed by atoms with Crippen LogP contribution in [0.4, 0.5) is 0 Å². The third kappa shape index (κ3) is 4.38. The number of benzene rings is 1. The Kier molecular flexibility index (Phi) is 5.62. The van der Waals surface area contributed by atoms with E-state index in [-0.39, 0.29) is 5.91 Å². The second-order valence-electron chi connectivity index (χ2n) is 4.69. The Labute approximate surface area is 120 Å². The van der Waals surface area contributed by atoms with Gasteiger partial charge in [0.25, 0.3) is 0 Å². The number of hydrogen-bond donors (Lipinski definition) is 0. The SMILES string of the molecule is CCCOc1ccc(C=CC(=O)N2CCOCC2)cc1. The number of amides is 1. The van der Waals surface area contributed by atoms with Crippen molar-refractivity contribution in [2.24, 2.45) is 0 Å². The third-order valence-electron chi connectivity index (χ3n) is 3.09. The lowest BCUT2D eigenvalue weighted by Crippen LogP contribution is -2.39. The van der Waals surface area contributed by atoms with Crippen molar-refractivity contribution in [1.29, 1.82) is 0 Å². The van der Waals surface area contributed by atoms with Crippen LogP contribution in [0.15, 0.2) is 30.3 Å². The van der Waals surface area contributed by atoms with E-state index >= 15 is 0 Å². The fourth-order valence-electron chi connectivity index (χ4n) is 1.95. The minimum absolute atomic E-state index is 0.0413. The molecular formula is C16H21NO3. The Bertz CT molecular complexity index is 447. The lowest BCUT2D eigenvalue weighted by molar-refractivity contribution is -0.129. The van der Waals surface area contributed by atoms with Gasteiger partial charge in [0, 0.05) is 19.2 Å². The van der Waals surface area contributed by atoms with Gasteiger partial charge in [-0.15, -0.1) is 0 Å². The van der Waals surface area contributed by atoms with E-state index in [0.717, 1.165) is 24.3 Å². The third-order valence-corrected chi connectivity index (χ3v) is 3.09. The molecule has 0 atom stereocenters. The van der Waals surface area contributed by atoms with Gasteiger partial charge in [-0.3, -0.25) is 4.79 Å². The van der Waals surface area contributed by atoms with Crippen molar-refractivity contribution in [1.82, 2.24) is 4.90 Å². The Balaban J connectivity index is 1.88. The summed E-state index contributed by atoms with van der Waals surface area (Å²) in [4.78, 5) is 13.7. The van der Waals surface area contributed by atoms with Gasteiger partial charge in [0.05, 0.1) is 19.8 Å². The largest absolute Gasteiger partial charge is 0.494 e. The maximum atomic E-state index is 11.9. The zero-order valence-corrected chi connectivity index (χ0v) is 11.9. The number of ether oxygens (including phenoxy) is 2. The second-order valence-corrected chi connectivity index (χ2v) is 4.69. The highest BCUT2D eigenvalue weighted by Gasteiger charge is 2.13. The molecule has 1 fully saturated rings. The molecule has 0 spiro atoms. The summed E-state index contributed by atoms with van der Waals surface area (Å²) in [6, 6.07) is 7.76. The molecule has 0 aliphatic carbocycles. The molecular weight excluding hydrogens is 254 g/mol. The minimum Gasteiger partial charge on any atom is -0.494 e. The Morgan fingerprint density at radius 1 is 1.30 bits per heavy atom. The van der Waals surface area contributed by atoms with Gasteiger partial charge in [-0.25, -0.2) is 0 Å². The van der Waals surface area contributed by atoms with Crippen molar-refractivity contribution in [3.63, 3.8) is 0 Å². The van der Waals surface area contributed by atoms with Crippen LogP contribution >= 0.6 is 0 Å². The lowest BCUT2D eigenvalue weighted by Gasteiger charge is -2.25. The molecule has 2 rings (SSSR count). The van der Waals surface area contributed by atoms with Crippen LogP contribution in [-0.2, 0) is 9.53 Å². The molecule has 0 saturated carbocycles. The number of morpholine rings is 1. The zero-order valence-electron chi connectivity index (χ0n) is 11.9. The second kappa shape index (κ2) is 7.70. The molecule has 1 aromatic rings. The molecule has 108 valence electrons. The molecule has 0 radical (unpaired) electrons. The first-order valence-corrected chi connectivity index (χ1v) is 7.07. The summed E-state index contributed by atoms with van der Waals surface area (Å²) < 4.78 is 10.7. The molecule has 4 heteroatoms. The van der Waals surface area contributed by atoms with Gasteiger partial charge in [0.15, 0.2) is 0 Å². The molecule has 0 unspecified atom stereocenters. The number of hydrogen-bond acceptors (Lipinski definition) is 3. The van der Waals surface area contributed by atoms with Crippen molar-refractivity contribution < 1.29 is 14.3 Å². The van der Waals surface area contributed by atoms with Crippen LogP contribution in [0.5, 0.6) is 5.75 Å². The minimum atomic E-state index is 0.0413. The van der Waals surface area contributed by atoms with E-state index in [9.17, 15) is 4.79 Å². The molecule has 0 aromatic heterocycles. The Hall–Kier alpha value is -1.81. The quantitative estimate of drug-likeness (QED) is 0.774. The van der Waals surface area contributed by atoms with Gasteiger partial charge in [-0.05, 0) is 30.2 Å². The first kappa shape index (κ1) is 14.6. The Morgan fingerprint density at radius 3 is 2.65 bits per heavy atom. The molecule has 1 heterocycles.